The average molecular weight is 302 g/mol. The molecule has 1 fully saturated rings. The highest BCUT2D eigenvalue weighted by Crippen LogP contribution is 2.46. The zero-order valence-electron chi connectivity index (χ0n) is 10.1. The molecule has 1 saturated carbocycles. The van der Waals surface area contributed by atoms with Gasteiger partial charge in [-0.1, -0.05) is 28.9 Å². The molecular weight excluding hydrogens is 284 g/mol. The molecule has 2 atom stereocenters. The first-order valence-electron chi connectivity index (χ1n) is 5.91. The minimum absolute atomic E-state index is 0.166. The predicted molar refractivity (Wildman–Crippen MR) is 74.1 cm³/mol. The summed E-state index contributed by atoms with van der Waals surface area (Å²) >= 11 is 10.2. The summed E-state index contributed by atoms with van der Waals surface area (Å²) in [4.78, 5) is 0. The van der Waals surface area contributed by atoms with Crippen molar-refractivity contribution in [1.82, 2.24) is 0 Å². The van der Waals surface area contributed by atoms with Gasteiger partial charge in [0, 0.05) is 4.47 Å². The molecule has 0 spiro atoms. The van der Waals surface area contributed by atoms with E-state index in [4.69, 9.17) is 11.6 Å². The first-order valence-corrected chi connectivity index (χ1v) is 7.14. The Kier molecular flexibility index (Phi) is 3.65. The summed E-state index contributed by atoms with van der Waals surface area (Å²) in [6.07, 6.45) is 2.72. The third-order valence-corrected chi connectivity index (χ3v) is 5.16. The maximum atomic E-state index is 6.61. The summed E-state index contributed by atoms with van der Waals surface area (Å²) in [5.74, 6) is 1.45. The second-order valence-corrected chi connectivity index (χ2v) is 6.38. The van der Waals surface area contributed by atoms with E-state index in [-0.39, 0.29) is 5.38 Å². The van der Waals surface area contributed by atoms with Crippen molar-refractivity contribution in [2.24, 2.45) is 11.8 Å². The van der Waals surface area contributed by atoms with E-state index in [1.165, 1.54) is 34.0 Å². The largest absolute Gasteiger partial charge is 0.118 e. The van der Waals surface area contributed by atoms with Crippen molar-refractivity contribution < 1.29 is 0 Å². The van der Waals surface area contributed by atoms with E-state index >= 15 is 0 Å². The van der Waals surface area contributed by atoms with Crippen LogP contribution in [0.5, 0.6) is 0 Å². The van der Waals surface area contributed by atoms with Crippen LogP contribution in [0.2, 0.25) is 0 Å². The normalized spacial score (nSPS) is 19.6. The lowest BCUT2D eigenvalue weighted by atomic mass is 9.92. The first kappa shape index (κ1) is 12.4. The fraction of sp³-hybridized carbons (Fsp3) is 0.571. The van der Waals surface area contributed by atoms with E-state index in [2.05, 4.69) is 48.8 Å². The fourth-order valence-corrected chi connectivity index (χ4v) is 3.14. The van der Waals surface area contributed by atoms with Gasteiger partial charge in [0.25, 0.3) is 0 Å². The van der Waals surface area contributed by atoms with Crippen molar-refractivity contribution in [3.05, 3.63) is 33.3 Å². The Morgan fingerprint density at radius 3 is 2.44 bits per heavy atom. The molecule has 0 aliphatic heterocycles. The van der Waals surface area contributed by atoms with E-state index in [0.717, 1.165) is 5.92 Å². The molecule has 16 heavy (non-hydrogen) atoms. The highest BCUT2D eigenvalue weighted by Gasteiger charge is 2.33. The number of hydrogen-bond acceptors (Lipinski definition) is 0. The van der Waals surface area contributed by atoms with Gasteiger partial charge in [-0.15, -0.1) is 11.6 Å². The number of rotatable bonds is 3. The van der Waals surface area contributed by atoms with Crippen molar-refractivity contribution in [2.45, 2.75) is 39.0 Å². The van der Waals surface area contributed by atoms with Gasteiger partial charge in [-0.25, -0.2) is 0 Å². The monoisotopic (exact) mass is 300 g/mol. The quantitative estimate of drug-likeness (QED) is 0.656. The van der Waals surface area contributed by atoms with Crippen molar-refractivity contribution in [3.63, 3.8) is 0 Å². The molecule has 0 aromatic heterocycles. The molecule has 0 nitrogen and oxygen atoms in total. The van der Waals surface area contributed by atoms with E-state index in [0.29, 0.717) is 5.92 Å². The van der Waals surface area contributed by atoms with Crippen LogP contribution >= 0.6 is 27.5 Å². The van der Waals surface area contributed by atoms with Gasteiger partial charge in [-0.2, -0.15) is 0 Å². The number of halogens is 2. The van der Waals surface area contributed by atoms with Crippen LogP contribution < -0.4 is 0 Å². The number of benzene rings is 1. The zero-order valence-corrected chi connectivity index (χ0v) is 12.4. The number of hydrogen-bond donors (Lipinski definition) is 0. The molecule has 1 aromatic carbocycles. The molecule has 1 aromatic rings. The maximum absolute atomic E-state index is 6.61. The van der Waals surface area contributed by atoms with E-state index < -0.39 is 0 Å². The molecule has 0 radical (unpaired) electrons. The van der Waals surface area contributed by atoms with Crippen LogP contribution in [0.15, 0.2) is 16.6 Å². The van der Waals surface area contributed by atoms with Crippen LogP contribution in [-0.2, 0) is 0 Å². The first-order chi connectivity index (χ1) is 7.50. The molecule has 1 aliphatic carbocycles. The summed E-state index contributed by atoms with van der Waals surface area (Å²) in [5.41, 5.74) is 3.88. The standard InChI is InChI=1S/C14H18BrCl/c1-8-7-13(15)9(2)6-12(8)14(16)10(3)11-4-5-11/h6-7,10-11,14H,4-5H2,1-3H3. The highest BCUT2D eigenvalue weighted by molar-refractivity contribution is 9.10. The van der Waals surface area contributed by atoms with Gasteiger partial charge in [0.1, 0.15) is 0 Å². The Morgan fingerprint density at radius 1 is 1.25 bits per heavy atom. The maximum Gasteiger partial charge on any atom is 0.0616 e. The van der Waals surface area contributed by atoms with Gasteiger partial charge in [-0.3, -0.25) is 0 Å². The third-order valence-electron chi connectivity index (χ3n) is 3.67. The molecular formula is C14H18BrCl. The van der Waals surface area contributed by atoms with Crippen molar-refractivity contribution >= 4 is 27.5 Å². The zero-order chi connectivity index (χ0) is 11.9. The molecule has 2 heteroatoms. The van der Waals surface area contributed by atoms with Gasteiger partial charge in [0.2, 0.25) is 0 Å². The van der Waals surface area contributed by atoms with Crippen LogP contribution in [0.25, 0.3) is 0 Å². The third kappa shape index (κ3) is 2.46. The Hall–Kier alpha value is -0.0100. The second-order valence-electron chi connectivity index (χ2n) is 5.06. The van der Waals surface area contributed by atoms with Crippen LogP contribution in [0.3, 0.4) is 0 Å². The molecule has 0 amide bonds. The summed E-state index contributed by atoms with van der Waals surface area (Å²) in [7, 11) is 0. The lowest BCUT2D eigenvalue weighted by molar-refractivity contribution is 0.490. The van der Waals surface area contributed by atoms with Crippen molar-refractivity contribution in [3.8, 4) is 0 Å². The summed E-state index contributed by atoms with van der Waals surface area (Å²) in [6, 6.07) is 4.41. The molecule has 0 N–H and O–H groups in total. The van der Waals surface area contributed by atoms with Gasteiger partial charge in [-0.05, 0) is 61.3 Å². The van der Waals surface area contributed by atoms with Gasteiger partial charge < -0.3 is 0 Å². The van der Waals surface area contributed by atoms with Crippen molar-refractivity contribution in [2.75, 3.05) is 0 Å². The van der Waals surface area contributed by atoms with Crippen molar-refractivity contribution in [1.29, 1.82) is 0 Å². The predicted octanol–water partition coefficient (Wildman–Crippen LogP) is 5.39. The summed E-state index contributed by atoms with van der Waals surface area (Å²) in [5, 5.41) is 0.166. The lowest BCUT2D eigenvalue weighted by Crippen LogP contribution is -2.08. The van der Waals surface area contributed by atoms with E-state index in [1.807, 2.05) is 0 Å². The Labute approximate surface area is 112 Å². The Morgan fingerprint density at radius 2 is 1.88 bits per heavy atom. The molecule has 2 rings (SSSR count). The summed E-state index contributed by atoms with van der Waals surface area (Å²) < 4.78 is 1.18. The van der Waals surface area contributed by atoms with Crippen LogP contribution in [0, 0.1) is 25.7 Å². The smallest absolute Gasteiger partial charge is 0.0616 e. The van der Waals surface area contributed by atoms with Crippen LogP contribution in [0.1, 0.15) is 41.8 Å². The topological polar surface area (TPSA) is 0 Å². The minimum atomic E-state index is 0.166. The molecule has 88 valence electrons. The highest BCUT2D eigenvalue weighted by atomic mass is 79.9. The molecule has 1 aliphatic rings. The Balaban J connectivity index is 2.28. The van der Waals surface area contributed by atoms with Gasteiger partial charge in [0.05, 0.1) is 5.38 Å². The average Bonchev–Trinajstić information content (AvgIpc) is 3.05. The molecule has 0 saturated heterocycles. The van der Waals surface area contributed by atoms with Crippen LogP contribution in [0.4, 0.5) is 0 Å². The Bertz CT molecular complexity index is 396. The molecule has 0 bridgehead atoms. The minimum Gasteiger partial charge on any atom is -0.118 e. The lowest BCUT2D eigenvalue weighted by Gasteiger charge is -2.20. The fourth-order valence-electron chi connectivity index (χ4n) is 2.24. The second kappa shape index (κ2) is 4.70. The number of aryl methyl sites for hydroxylation is 2. The summed E-state index contributed by atoms with van der Waals surface area (Å²) in [6.45, 7) is 6.55. The van der Waals surface area contributed by atoms with Crippen LogP contribution in [-0.4, -0.2) is 0 Å². The van der Waals surface area contributed by atoms with Gasteiger partial charge in [0.15, 0.2) is 0 Å². The van der Waals surface area contributed by atoms with E-state index in [9.17, 15) is 0 Å². The van der Waals surface area contributed by atoms with Gasteiger partial charge >= 0.3 is 0 Å². The SMILES string of the molecule is Cc1cc(C(Cl)C(C)C2CC2)c(C)cc1Br. The molecule has 2 unspecified atom stereocenters. The van der Waals surface area contributed by atoms with E-state index in [1.54, 1.807) is 0 Å². The number of alkyl halides is 1. The molecule has 0 heterocycles.